The fourth-order valence-electron chi connectivity index (χ4n) is 3.25. The van der Waals surface area contributed by atoms with Crippen molar-refractivity contribution in [1.29, 1.82) is 0 Å². The molecule has 0 spiro atoms. The summed E-state index contributed by atoms with van der Waals surface area (Å²) in [7, 11) is 0. The summed E-state index contributed by atoms with van der Waals surface area (Å²) in [6.45, 7) is 2.23. The van der Waals surface area contributed by atoms with Crippen LogP contribution in [-0.2, 0) is 9.59 Å². The Morgan fingerprint density at radius 1 is 1.32 bits per heavy atom. The quantitative estimate of drug-likeness (QED) is 0.930. The highest BCUT2D eigenvalue weighted by Crippen LogP contribution is 2.31. The number of para-hydroxylation sites is 2. The van der Waals surface area contributed by atoms with Crippen molar-refractivity contribution in [2.24, 2.45) is 5.92 Å². The maximum absolute atomic E-state index is 12.3. The molecule has 0 unspecified atom stereocenters. The second-order valence-corrected chi connectivity index (χ2v) is 6.17. The summed E-state index contributed by atoms with van der Waals surface area (Å²) < 4.78 is 5.39. The van der Waals surface area contributed by atoms with E-state index in [9.17, 15) is 9.59 Å². The lowest BCUT2D eigenvalue weighted by Gasteiger charge is -2.32. The number of nitrogens with zero attached hydrogens (tertiary/aromatic N) is 1. The number of carbonyl (C=O) groups is 2. The normalized spacial score (nSPS) is 24.4. The first-order chi connectivity index (χ1) is 10.6. The highest BCUT2D eigenvalue weighted by Gasteiger charge is 2.29. The monoisotopic (exact) mass is 302 g/mol. The zero-order valence-corrected chi connectivity index (χ0v) is 12.9. The first-order valence-corrected chi connectivity index (χ1v) is 7.96. The van der Waals surface area contributed by atoms with E-state index in [0.29, 0.717) is 17.4 Å². The Hall–Kier alpha value is -2.04. The number of ether oxygens (including phenoxy) is 1. The van der Waals surface area contributed by atoms with Crippen molar-refractivity contribution in [3.63, 3.8) is 0 Å². The minimum absolute atomic E-state index is 0.00980. The second kappa shape index (κ2) is 6.38. The second-order valence-electron chi connectivity index (χ2n) is 6.17. The predicted molar refractivity (Wildman–Crippen MR) is 83.9 cm³/mol. The van der Waals surface area contributed by atoms with Crippen molar-refractivity contribution in [3.05, 3.63) is 24.3 Å². The van der Waals surface area contributed by atoms with Gasteiger partial charge in [-0.05, 0) is 30.9 Å². The topological polar surface area (TPSA) is 58.6 Å². The number of anilines is 1. The molecule has 0 saturated heterocycles. The standard InChI is InChI=1S/C17H22N2O3/c1-12-6-2-3-7-13(12)18-16(20)10-19-14-8-4-5-9-15(14)22-11-17(19)21/h4-5,8-9,12-13H,2-3,6-7,10-11H2,1H3,(H,18,20)/t12-,13-/m1/s1. The molecule has 0 aromatic heterocycles. The fourth-order valence-corrected chi connectivity index (χ4v) is 3.25. The number of fused-ring (bicyclic) bond motifs is 1. The fraction of sp³-hybridized carbons (Fsp3) is 0.529. The molecule has 1 N–H and O–H groups in total. The van der Waals surface area contributed by atoms with Gasteiger partial charge in [0.2, 0.25) is 5.91 Å². The lowest BCUT2D eigenvalue weighted by molar-refractivity contribution is -0.126. The first kappa shape index (κ1) is 14.9. The summed E-state index contributed by atoms with van der Waals surface area (Å²) in [5.74, 6) is 0.889. The summed E-state index contributed by atoms with van der Waals surface area (Å²) in [4.78, 5) is 25.9. The highest BCUT2D eigenvalue weighted by atomic mass is 16.5. The van der Waals surface area contributed by atoms with Gasteiger partial charge >= 0.3 is 0 Å². The molecule has 1 aliphatic carbocycles. The van der Waals surface area contributed by atoms with Gasteiger partial charge in [0.1, 0.15) is 12.3 Å². The maximum Gasteiger partial charge on any atom is 0.265 e. The van der Waals surface area contributed by atoms with Crippen LogP contribution >= 0.6 is 0 Å². The first-order valence-electron chi connectivity index (χ1n) is 7.96. The molecule has 5 nitrogen and oxygen atoms in total. The Labute approximate surface area is 130 Å². The molecule has 1 saturated carbocycles. The van der Waals surface area contributed by atoms with E-state index in [1.54, 1.807) is 0 Å². The SMILES string of the molecule is C[C@@H]1CCCC[C@H]1NC(=O)CN1C(=O)COc2ccccc21. The van der Waals surface area contributed by atoms with Gasteiger partial charge in [-0.3, -0.25) is 14.5 Å². The van der Waals surface area contributed by atoms with Crippen LogP contribution in [-0.4, -0.2) is 31.0 Å². The van der Waals surface area contributed by atoms with Crippen LogP contribution < -0.4 is 15.0 Å². The van der Waals surface area contributed by atoms with Crippen LogP contribution in [0.3, 0.4) is 0 Å². The summed E-state index contributed by atoms with van der Waals surface area (Å²) in [5, 5.41) is 3.09. The van der Waals surface area contributed by atoms with Gasteiger partial charge in [-0.15, -0.1) is 0 Å². The molecule has 2 amide bonds. The third kappa shape index (κ3) is 3.08. The van der Waals surface area contributed by atoms with E-state index in [1.165, 1.54) is 11.3 Å². The molecular formula is C17H22N2O3. The summed E-state index contributed by atoms with van der Waals surface area (Å²) in [5.41, 5.74) is 0.672. The molecule has 1 fully saturated rings. The number of rotatable bonds is 3. The average molecular weight is 302 g/mol. The van der Waals surface area contributed by atoms with Crippen LogP contribution in [0, 0.1) is 5.92 Å². The molecule has 1 aromatic carbocycles. The van der Waals surface area contributed by atoms with Crippen molar-refractivity contribution in [2.45, 2.75) is 38.6 Å². The third-order valence-corrected chi connectivity index (χ3v) is 4.57. The lowest BCUT2D eigenvalue weighted by Crippen LogP contribution is -2.49. The van der Waals surface area contributed by atoms with Crippen LogP contribution in [0.5, 0.6) is 5.75 Å². The van der Waals surface area contributed by atoms with Crippen LogP contribution in [0.2, 0.25) is 0 Å². The molecule has 22 heavy (non-hydrogen) atoms. The van der Waals surface area contributed by atoms with E-state index in [4.69, 9.17) is 4.74 Å². The zero-order chi connectivity index (χ0) is 15.5. The summed E-state index contributed by atoms with van der Waals surface area (Å²) in [6.07, 6.45) is 4.59. The number of amides is 2. The molecule has 0 bridgehead atoms. The molecule has 0 radical (unpaired) electrons. The van der Waals surface area contributed by atoms with E-state index in [2.05, 4.69) is 12.2 Å². The molecule has 3 rings (SSSR count). The lowest BCUT2D eigenvalue weighted by atomic mass is 9.86. The molecule has 1 heterocycles. The van der Waals surface area contributed by atoms with Crippen molar-refractivity contribution < 1.29 is 14.3 Å². The van der Waals surface area contributed by atoms with Gasteiger partial charge < -0.3 is 10.1 Å². The number of nitrogens with one attached hydrogen (secondary N) is 1. The van der Waals surface area contributed by atoms with Crippen LogP contribution in [0.1, 0.15) is 32.6 Å². The van der Waals surface area contributed by atoms with Crippen LogP contribution in [0.4, 0.5) is 5.69 Å². The molecule has 1 aliphatic heterocycles. The number of carbonyl (C=O) groups excluding carboxylic acids is 2. The van der Waals surface area contributed by atoms with Gasteiger partial charge in [0.25, 0.3) is 5.91 Å². The molecule has 5 heteroatoms. The van der Waals surface area contributed by atoms with Crippen molar-refractivity contribution in [3.8, 4) is 5.75 Å². The predicted octanol–water partition coefficient (Wildman–Crippen LogP) is 2.11. The van der Waals surface area contributed by atoms with Gasteiger partial charge in [-0.2, -0.15) is 0 Å². The van der Waals surface area contributed by atoms with Crippen LogP contribution in [0.25, 0.3) is 0 Å². The Morgan fingerprint density at radius 3 is 2.91 bits per heavy atom. The van der Waals surface area contributed by atoms with E-state index in [0.717, 1.165) is 19.3 Å². The number of benzene rings is 1. The molecule has 2 aliphatic rings. The van der Waals surface area contributed by atoms with E-state index >= 15 is 0 Å². The van der Waals surface area contributed by atoms with Crippen LogP contribution in [0.15, 0.2) is 24.3 Å². The largest absolute Gasteiger partial charge is 0.482 e. The summed E-state index contributed by atoms with van der Waals surface area (Å²) in [6, 6.07) is 7.55. The van der Waals surface area contributed by atoms with Gasteiger partial charge in [0.15, 0.2) is 6.61 Å². The van der Waals surface area contributed by atoms with Crippen molar-refractivity contribution >= 4 is 17.5 Å². The molecule has 1 aromatic rings. The Bertz CT molecular complexity index is 573. The Morgan fingerprint density at radius 2 is 2.09 bits per heavy atom. The maximum atomic E-state index is 12.3. The Kier molecular flexibility index (Phi) is 4.32. The van der Waals surface area contributed by atoms with Gasteiger partial charge in [-0.25, -0.2) is 0 Å². The van der Waals surface area contributed by atoms with E-state index < -0.39 is 0 Å². The van der Waals surface area contributed by atoms with Crippen molar-refractivity contribution in [1.82, 2.24) is 5.32 Å². The minimum Gasteiger partial charge on any atom is -0.482 e. The average Bonchev–Trinajstić information content (AvgIpc) is 2.52. The Balaban J connectivity index is 1.67. The van der Waals surface area contributed by atoms with Gasteiger partial charge in [-0.1, -0.05) is 31.9 Å². The molecular weight excluding hydrogens is 280 g/mol. The highest BCUT2D eigenvalue weighted by molar-refractivity contribution is 6.02. The zero-order valence-electron chi connectivity index (χ0n) is 12.9. The van der Waals surface area contributed by atoms with Gasteiger partial charge in [0, 0.05) is 6.04 Å². The third-order valence-electron chi connectivity index (χ3n) is 4.57. The summed E-state index contributed by atoms with van der Waals surface area (Å²) >= 11 is 0. The smallest absolute Gasteiger partial charge is 0.265 e. The number of hydrogen-bond donors (Lipinski definition) is 1. The van der Waals surface area contributed by atoms with E-state index in [-0.39, 0.29) is 31.0 Å². The van der Waals surface area contributed by atoms with Gasteiger partial charge in [0.05, 0.1) is 5.69 Å². The van der Waals surface area contributed by atoms with Crippen molar-refractivity contribution in [2.75, 3.05) is 18.1 Å². The molecule has 118 valence electrons. The molecule has 2 atom stereocenters. The minimum atomic E-state index is -0.175. The number of hydrogen-bond acceptors (Lipinski definition) is 3. The van der Waals surface area contributed by atoms with E-state index in [1.807, 2.05) is 24.3 Å².